The summed E-state index contributed by atoms with van der Waals surface area (Å²) >= 11 is 0. The van der Waals surface area contributed by atoms with Gasteiger partial charge in [0.25, 0.3) is 0 Å². The Morgan fingerprint density at radius 1 is 1.10 bits per heavy atom. The maximum absolute atomic E-state index is 12.3. The van der Waals surface area contributed by atoms with Crippen LogP contribution in [0.15, 0.2) is 0 Å². The van der Waals surface area contributed by atoms with Crippen LogP contribution >= 0.6 is 0 Å². The van der Waals surface area contributed by atoms with Gasteiger partial charge in [-0.2, -0.15) is 13.2 Å². The third kappa shape index (κ3) is 4.26. The third-order valence-electron chi connectivity index (χ3n) is 3.97. The van der Waals surface area contributed by atoms with Gasteiger partial charge in [-0.3, -0.25) is 4.90 Å². The first-order valence-corrected chi connectivity index (χ1v) is 7.18. The number of piperidine rings is 1. The van der Waals surface area contributed by atoms with Crippen molar-refractivity contribution in [3.63, 3.8) is 0 Å². The van der Waals surface area contributed by atoms with Gasteiger partial charge in [0.05, 0.1) is 6.54 Å². The fraction of sp³-hybridized carbons (Fsp3) is 0.923. The SMILES string of the molecule is CC1CCCN(C(=O)N2CCN(CC(F)(F)F)CC2)C1. The van der Waals surface area contributed by atoms with Gasteiger partial charge < -0.3 is 9.80 Å². The van der Waals surface area contributed by atoms with Crippen LogP contribution in [0.25, 0.3) is 0 Å². The molecule has 0 N–H and O–H groups in total. The molecule has 2 aliphatic heterocycles. The Kier molecular flexibility index (Phi) is 4.78. The molecule has 2 fully saturated rings. The van der Waals surface area contributed by atoms with Crippen molar-refractivity contribution in [3.05, 3.63) is 0 Å². The lowest BCUT2D eigenvalue weighted by atomic mass is 10.0. The zero-order chi connectivity index (χ0) is 14.8. The van der Waals surface area contributed by atoms with E-state index in [-0.39, 0.29) is 6.03 Å². The zero-order valence-corrected chi connectivity index (χ0v) is 11.8. The van der Waals surface area contributed by atoms with E-state index in [4.69, 9.17) is 0 Å². The number of amides is 2. The molecule has 20 heavy (non-hydrogen) atoms. The second-order valence-corrected chi connectivity index (χ2v) is 5.85. The molecule has 0 aromatic carbocycles. The summed E-state index contributed by atoms with van der Waals surface area (Å²) in [5.74, 6) is 0.513. The van der Waals surface area contributed by atoms with Gasteiger partial charge in [-0.15, -0.1) is 0 Å². The van der Waals surface area contributed by atoms with Crippen molar-refractivity contribution < 1.29 is 18.0 Å². The number of likely N-dealkylation sites (tertiary alicyclic amines) is 1. The molecule has 7 heteroatoms. The van der Waals surface area contributed by atoms with Crippen molar-refractivity contribution >= 4 is 6.03 Å². The second-order valence-electron chi connectivity index (χ2n) is 5.85. The molecule has 2 rings (SSSR count). The molecule has 0 aliphatic carbocycles. The van der Waals surface area contributed by atoms with E-state index >= 15 is 0 Å². The van der Waals surface area contributed by atoms with E-state index in [9.17, 15) is 18.0 Å². The van der Waals surface area contributed by atoms with Crippen LogP contribution < -0.4 is 0 Å². The number of nitrogens with zero attached hydrogens (tertiary/aromatic N) is 3. The summed E-state index contributed by atoms with van der Waals surface area (Å²) in [5.41, 5.74) is 0. The summed E-state index contributed by atoms with van der Waals surface area (Å²) in [7, 11) is 0. The molecule has 0 spiro atoms. The van der Waals surface area contributed by atoms with Gasteiger partial charge in [-0.1, -0.05) is 6.92 Å². The minimum Gasteiger partial charge on any atom is -0.324 e. The predicted octanol–water partition coefficient (Wildman–Crippen LogP) is 2.02. The van der Waals surface area contributed by atoms with E-state index in [1.807, 2.05) is 4.90 Å². The smallest absolute Gasteiger partial charge is 0.324 e. The van der Waals surface area contributed by atoms with Crippen LogP contribution in [0.5, 0.6) is 0 Å². The highest BCUT2D eigenvalue weighted by Crippen LogP contribution is 2.20. The average molecular weight is 293 g/mol. The largest absolute Gasteiger partial charge is 0.401 e. The molecule has 1 unspecified atom stereocenters. The van der Waals surface area contributed by atoms with Gasteiger partial charge >= 0.3 is 12.2 Å². The van der Waals surface area contributed by atoms with Gasteiger partial charge in [0.1, 0.15) is 0 Å². The first-order chi connectivity index (χ1) is 9.35. The molecule has 0 aromatic rings. The Balaban J connectivity index is 1.79. The normalized spacial score (nSPS) is 25.9. The van der Waals surface area contributed by atoms with Gasteiger partial charge in [-0.25, -0.2) is 4.79 Å². The topological polar surface area (TPSA) is 26.8 Å². The number of carbonyl (C=O) groups is 1. The average Bonchev–Trinajstić information content (AvgIpc) is 2.37. The third-order valence-corrected chi connectivity index (χ3v) is 3.97. The number of hydrogen-bond acceptors (Lipinski definition) is 2. The van der Waals surface area contributed by atoms with Crippen molar-refractivity contribution in [2.45, 2.75) is 25.9 Å². The van der Waals surface area contributed by atoms with E-state index in [2.05, 4.69) is 6.92 Å². The van der Waals surface area contributed by atoms with E-state index in [0.717, 1.165) is 25.9 Å². The van der Waals surface area contributed by atoms with Crippen LogP contribution in [0.4, 0.5) is 18.0 Å². The Morgan fingerprint density at radius 3 is 2.30 bits per heavy atom. The first-order valence-electron chi connectivity index (χ1n) is 7.18. The maximum atomic E-state index is 12.3. The molecular formula is C13H22F3N3O. The van der Waals surface area contributed by atoms with Crippen molar-refractivity contribution in [1.29, 1.82) is 0 Å². The minimum absolute atomic E-state index is 0.0109. The molecule has 0 saturated carbocycles. The summed E-state index contributed by atoms with van der Waals surface area (Å²) in [5, 5.41) is 0. The summed E-state index contributed by atoms with van der Waals surface area (Å²) in [6.07, 6.45) is -2.00. The maximum Gasteiger partial charge on any atom is 0.401 e. The van der Waals surface area contributed by atoms with Crippen LogP contribution in [0.2, 0.25) is 0 Å². The standard InChI is InChI=1S/C13H22F3N3O/c1-11-3-2-4-19(9-11)12(20)18-7-5-17(6-8-18)10-13(14,15)16/h11H,2-10H2,1H3. The van der Waals surface area contributed by atoms with Crippen molar-refractivity contribution in [3.8, 4) is 0 Å². The van der Waals surface area contributed by atoms with E-state index in [0.29, 0.717) is 32.1 Å². The quantitative estimate of drug-likeness (QED) is 0.739. The predicted molar refractivity (Wildman–Crippen MR) is 69.4 cm³/mol. The summed E-state index contributed by atoms with van der Waals surface area (Å²) in [6, 6.07) is -0.0109. The van der Waals surface area contributed by atoms with E-state index in [1.165, 1.54) is 4.90 Å². The lowest BCUT2D eigenvalue weighted by Gasteiger charge is -2.39. The summed E-state index contributed by atoms with van der Waals surface area (Å²) in [4.78, 5) is 17.2. The Hall–Kier alpha value is -0.980. The molecule has 2 aliphatic rings. The summed E-state index contributed by atoms with van der Waals surface area (Å²) < 4.78 is 36.9. The Bertz CT molecular complexity index is 340. The zero-order valence-electron chi connectivity index (χ0n) is 11.8. The van der Waals surface area contributed by atoms with Crippen molar-refractivity contribution in [2.24, 2.45) is 5.92 Å². The number of halogens is 3. The minimum atomic E-state index is -4.16. The fourth-order valence-electron chi connectivity index (χ4n) is 2.91. The number of hydrogen-bond donors (Lipinski definition) is 0. The number of carbonyl (C=O) groups excluding carboxylic acids is 1. The monoisotopic (exact) mass is 293 g/mol. The molecule has 0 bridgehead atoms. The number of rotatable bonds is 1. The lowest BCUT2D eigenvalue weighted by molar-refractivity contribution is -0.148. The molecule has 0 radical (unpaired) electrons. The van der Waals surface area contributed by atoms with Gasteiger partial charge in [0.2, 0.25) is 0 Å². The van der Waals surface area contributed by atoms with Crippen LogP contribution in [-0.4, -0.2) is 72.7 Å². The Morgan fingerprint density at radius 2 is 1.75 bits per heavy atom. The first kappa shape index (κ1) is 15.4. The van der Waals surface area contributed by atoms with Crippen LogP contribution in [-0.2, 0) is 0 Å². The summed E-state index contributed by atoms with van der Waals surface area (Å²) in [6.45, 7) is 4.16. The number of piperazine rings is 1. The molecular weight excluding hydrogens is 271 g/mol. The van der Waals surface area contributed by atoms with Gasteiger partial charge in [-0.05, 0) is 18.8 Å². The fourth-order valence-corrected chi connectivity index (χ4v) is 2.91. The lowest BCUT2D eigenvalue weighted by Crippen LogP contribution is -2.55. The molecule has 4 nitrogen and oxygen atoms in total. The molecule has 2 amide bonds. The highest BCUT2D eigenvalue weighted by molar-refractivity contribution is 5.74. The van der Waals surface area contributed by atoms with E-state index in [1.54, 1.807) is 4.90 Å². The molecule has 116 valence electrons. The van der Waals surface area contributed by atoms with Crippen LogP contribution in [0.3, 0.4) is 0 Å². The van der Waals surface area contributed by atoms with Crippen LogP contribution in [0, 0.1) is 5.92 Å². The highest BCUT2D eigenvalue weighted by Gasteiger charge is 2.34. The number of urea groups is 1. The van der Waals surface area contributed by atoms with Gasteiger partial charge in [0, 0.05) is 39.3 Å². The second kappa shape index (κ2) is 6.20. The molecule has 1 atom stereocenters. The molecule has 2 saturated heterocycles. The molecule has 2 heterocycles. The van der Waals surface area contributed by atoms with Crippen molar-refractivity contribution in [2.75, 3.05) is 45.8 Å². The Labute approximate surface area is 117 Å². The number of alkyl halides is 3. The van der Waals surface area contributed by atoms with Crippen molar-refractivity contribution in [1.82, 2.24) is 14.7 Å². The molecule has 0 aromatic heterocycles. The highest BCUT2D eigenvalue weighted by atomic mass is 19.4. The van der Waals surface area contributed by atoms with E-state index < -0.39 is 12.7 Å². The van der Waals surface area contributed by atoms with Crippen LogP contribution in [0.1, 0.15) is 19.8 Å². The van der Waals surface area contributed by atoms with Gasteiger partial charge in [0.15, 0.2) is 0 Å².